The maximum absolute atomic E-state index is 12.6. The second kappa shape index (κ2) is 4.48. The molecule has 0 radical (unpaired) electrons. The van der Waals surface area contributed by atoms with Crippen LogP contribution in [0.1, 0.15) is 44.7 Å². The van der Waals surface area contributed by atoms with E-state index < -0.39 is 23.8 Å². The molecule has 1 aromatic rings. The first kappa shape index (κ1) is 13.1. The van der Waals surface area contributed by atoms with Crippen LogP contribution in [-0.4, -0.2) is 34.6 Å². The van der Waals surface area contributed by atoms with E-state index in [0.717, 1.165) is 16.0 Å². The molecular weight excluding hydrogens is 286 g/mol. The van der Waals surface area contributed by atoms with Gasteiger partial charge in [0.1, 0.15) is 6.04 Å². The topological polar surface area (TPSA) is 95.6 Å². The highest BCUT2D eigenvalue weighted by molar-refractivity contribution is 6.23. The van der Waals surface area contributed by atoms with Gasteiger partial charge in [0.25, 0.3) is 11.8 Å². The molecule has 1 aromatic carbocycles. The molecule has 1 atom stereocenters. The standard InChI is InChI=1S/C15H13N3O4/c19-12-2-1-11(13(20)17-12)18-14(21)9-3-7-5-16-6-8(7)4-10(9)15(18)22/h3-4,11,16H,1-2,5-6H2,(H,17,19,20). The SMILES string of the molecule is O=C1CCC(N2C(=O)c3cc4c(cc3C2=O)CNC4)C(=O)N1. The van der Waals surface area contributed by atoms with Gasteiger partial charge < -0.3 is 5.32 Å². The van der Waals surface area contributed by atoms with Crippen LogP contribution in [0.25, 0.3) is 0 Å². The van der Waals surface area contributed by atoms with Gasteiger partial charge in [-0.3, -0.25) is 29.4 Å². The number of carbonyl (C=O) groups is 4. The van der Waals surface area contributed by atoms with E-state index in [-0.39, 0.29) is 18.7 Å². The highest BCUT2D eigenvalue weighted by Gasteiger charge is 2.45. The minimum atomic E-state index is -0.905. The summed E-state index contributed by atoms with van der Waals surface area (Å²) in [6.07, 6.45) is 0.307. The predicted octanol–water partition coefficient (Wildman–Crippen LogP) is -0.309. The molecule has 3 aliphatic heterocycles. The Hall–Kier alpha value is -2.54. The monoisotopic (exact) mass is 299 g/mol. The number of hydrogen-bond donors (Lipinski definition) is 2. The van der Waals surface area contributed by atoms with Crippen LogP contribution < -0.4 is 10.6 Å². The van der Waals surface area contributed by atoms with Crippen molar-refractivity contribution in [1.82, 2.24) is 15.5 Å². The summed E-state index contributed by atoms with van der Waals surface area (Å²) in [6, 6.07) is 2.56. The van der Waals surface area contributed by atoms with Gasteiger partial charge in [-0.25, -0.2) is 0 Å². The average molecular weight is 299 g/mol. The number of rotatable bonds is 1. The van der Waals surface area contributed by atoms with Gasteiger partial charge in [-0.1, -0.05) is 0 Å². The van der Waals surface area contributed by atoms with Crippen molar-refractivity contribution in [2.24, 2.45) is 0 Å². The quantitative estimate of drug-likeness (QED) is 0.694. The molecule has 1 unspecified atom stereocenters. The zero-order valence-corrected chi connectivity index (χ0v) is 11.6. The lowest BCUT2D eigenvalue weighted by atomic mass is 10.0. The lowest BCUT2D eigenvalue weighted by molar-refractivity contribution is -0.136. The van der Waals surface area contributed by atoms with Gasteiger partial charge in [-0.15, -0.1) is 0 Å². The van der Waals surface area contributed by atoms with Crippen molar-refractivity contribution >= 4 is 23.6 Å². The van der Waals surface area contributed by atoms with Crippen molar-refractivity contribution < 1.29 is 19.2 Å². The minimum absolute atomic E-state index is 0.129. The third kappa shape index (κ3) is 1.72. The van der Waals surface area contributed by atoms with Crippen molar-refractivity contribution in [2.75, 3.05) is 0 Å². The lowest BCUT2D eigenvalue weighted by Crippen LogP contribution is -2.54. The molecule has 0 bridgehead atoms. The summed E-state index contributed by atoms with van der Waals surface area (Å²) < 4.78 is 0. The summed E-state index contributed by atoms with van der Waals surface area (Å²) in [7, 11) is 0. The van der Waals surface area contributed by atoms with Crippen LogP contribution in [0.3, 0.4) is 0 Å². The Morgan fingerprint density at radius 1 is 0.955 bits per heavy atom. The van der Waals surface area contributed by atoms with E-state index in [0.29, 0.717) is 24.2 Å². The van der Waals surface area contributed by atoms with Crippen LogP contribution in [0, 0.1) is 0 Å². The van der Waals surface area contributed by atoms with E-state index in [2.05, 4.69) is 10.6 Å². The van der Waals surface area contributed by atoms with Crippen molar-refractivity contribution in [2.45, 2.75) is 32.0 Å². The maximum atomic E-state index is 12.6. The van der Waals surface area contributed by atoms with Crippen LogP contribution in [0.2, 0.25) is 0 Å². The Kier molecular flexibility index (Phi) is 2.67. The van der Waals surface area contributed by atoms with E-state index in [9.17, 15) is 19.2 Å². The fourth-order valence-electron chi connectivity index (χ4n) is 3.27. The fourth-order valence-corrected chi connectivity index (χ4v) is 3.27. The molecule has 4 amide bonds. The van der Waals surface area contributed by atoms with Crippen LogP contribution >= 0.6 is 0 Å². The number of benzene rings is 1. The minimum Gasteiger partial charge on any atom is -0.309 e. The molecule has 3 aliphatic rings. The third-order valence-corrected chi connectivity index (χ3v) is 4.39. The first-order valence-electron chi connectivity index (χ1n) is 7.14. The maximum Gasteiger partial charge on any atom is 0.262 e. The highest BCUT2D eigenvalue weighted by Crippen LogP contribution is 2.31. The number of hydrogen-bond acceptors (Lipinski definition) is 5. The van der Waals surface area contributed by atoms with Crippen molar-refractivity contribution in [3.8, 4) is 0 Å². The summed E-state index contributed by atoms with van der Waals surface area (Å²) in [5.41, 5.74) is 2.70. The van der Waals surface area contributed by atoms with Gasteiger partial charge in [0, 0.05) is 19.5 Å². The Morgan fingerprint density at radius 2 is 1.55 bits per heavy atom. The molecule has 0 saturated carbocycles. The van der Waals surface area contributed by atoms with Gasteiger partial charge in [0.2, 0.25) is 11.8 Å². The number of amides is 4. The van der Waals surface area contributed by atoms with E-state index in [4.69, 9.17) is 0 Å². The molecule has 1 fully saturated rings. The first-order valence-corrected chi connectivity index (χ1v) is 7.14. The zero-order chi connectivity index (χ0) is 15.4. The Labute approximate surface area is 125 Å². The zero-order valence-electron chi connectivity index (χ0n) is 11.6. The molecule has 0 aliphatic carbocycles. The number of nitrogens with zero attached hydrogens (tertiary/aromatic N) is 1. The summed E-state index contributed by atoms with van der Waals surface area (Å²) in [6.45, 7) is 1.34. The summed E-state index contributed by atoms with van der Waals surface area (Å²) >= 11 is 0. The molecule has 1 saturated heterocycles. The number of nitrogens with one attached hydrogen (secondary N) is 2. The predicted molar refractivity (Wildman–Crippen MR) is 73.7 cm³/mol. The van der Waals surface area contributed by atoms with Gasteiger partial charge in [-0.2, -0.15) is 0 Å². The normalized spacial score (nSPS) is 23.6. The van der Waals surface area contributed by atoms with Gasteiger partial charge in [-0.05, 0) is 29.7 Å². The first-order chi connectivity index (χ1) is 10.6. The molecule has 0 aromatic heterocycles. The Morgan fingerprint density at radius 3 is 2.09 bits per heavy atom. The van der Waals surface area contributed by atoms with Gasteiger partial charge >= 0.3 is 0 Å². The molecule has 3 heterocycles. The molecule has 2 N–H and O–H groups in total. The largest absolute Gasteiger partial charge is 0.309 e. The molecule has 112 valence electrons. The molecular formula is C15H13N3O4. The third-order valence-electron chi connectivity index (χ3n) is 4.39. The number of carbonyl (C=O) groups excluding carboxylic acids is 4. The smallest absolute Gasteiger partial charge is 0.262 e. The Balaban J connectivity index is 1.72. The van der Waals surface area contributed by atoms with Gasteiger partial charge in [0.05, 0.1) is 11.1 Å². The molecule has 7 heteroatoms. The van der Waals surface area contributed by atoms with E-state index in [1.807, 2.05) is 0 Å². The van der Waals surface area contributed by atoms with E-state index in [1.165, 1.54) is 0 Å². The van der Waals surface area contributed by atoms with Crippen molar-refractivity contribution in [3.63, 3.8) is 0 Å². The lowest BCUT2D eigenvalue weighted by Gasteiger charge is -2.27. The van der Waals surface area contributed by atoms with Crippen molar-refractivity contribution in [3.05, 3.63) is 34.4 Å². The number of piperidine rings is 1. The van der Waals surface area contributed by atoms with Gasteiger partial charge in [0.15, 0.2) is 0 Å². The summed E-state index contributed by atoms with van der Waals surface area (Å²) in [5.74, 6) is -1.86. The molecule has 7 nitrogen and oxygen atoms in total. The number of fused-ring (bicyclic) bond motifs is 2. The second-order valence-electron chi connectivity index (χ2n) is 5.72. The van der Waals surface area contributed by atoms with Crippen LogP contribution in [0.5, 0.6) is 0 Å². The molecule has 4 rings (SSSR count). The Bertz CT molecular complexity index is 712. The summed E-state index contributed by atoms with van der Waals surface area (Å²) in [4.78, 5) is 49.3. The van der Waals surface area contributed by atoms with E-state index in [1.54, 1.807) is 12.1 Å². The van der Waals surface area contributed by atoms with E-state index >= 15 is 0 Å². The highest BCUT2D eigenvalue weighted by atomic mass is 16.2. The number of imide groups is 2. The van der Waals surface area contributed by atoms with Crippen LogP contribution in [-0.2, 0) is 22.7 Å². The van der Waals surface area contributed by atoms with Crippen LogP contribution in [0.4, 0.5) is 0 Å². The molecule has 0 spiro atoms. The molecule has 22 heavy (non-hydrogen) atoms. The van der Waals surface area contributed by atoms with Crippen LogP contribution in [0.15, 0.2) is 12.1 Å². The van der Waals surface area contributed by atoms with Crippen molar-refractivity contribution in [1.29, 1.82) is 0 Å². The summed E-state index contributed by atoms with van der Waals surface area (Å²) in [5, 5.41) is 5.35. The average Bonchev–Trinajstić information content (AvgIpc) is 3.03. The second-order valence-corrected chi connectivity index (χ2v) is 5.72. The fraction of sp³-hybridized carbons (Fsp3) is 0.333.